The molecule has 12 heteroatoms. The summed E-state index contributed by atoms with van der Waals surface area (Å²) in [5, 5.41) is 9.68. The van der Waals surface area contributed by atoms with Gasteiger partial charge in [-0.05, 0) is 37.3 Å². The normalized spacial score (nSPS) is 12.4. The van der Waals surface area contributed by atoms with E-state index in [1.807, 2.05) is 0 Å². The maximum atomic E-state index is 13.6. The van der Waals surface area contributed by atoms with Crippen LogP contribution in [-0.4, -0.2) is 51.8 Å². The van der Waals surface area contributed by atoms with E-state index in [9.17, 15) is 26.9 Å². The van der Waals surface area contributed by atoms with E-state index in [0.29, 0.717) is 0 Å². The molecule has 3 rings (SSSR count). The lowest BCUT2D eigenvalue weighted by Crippen LogP contribution is -2.20. The molecule has 0 bridgehead atoms. The molecule has 1 aromatic heterocycles. The van der Waals surface area contributed by atoms with Gasteiger partial charge in [0.15, 0.2) is 0 Å². The predicted molar refractivity (Wildman–Crippen MR) is 131 cm³/mol. The van der Waals surface area contributed by atoms with Crippen molar-refractivity contribution in [2.75, 3.05) is 25.1 Å². The fraction of sp³-hybridized carbons (Fsp3) is 0.182. The van der Waals surface area contributed by atoms with Crippen molar-refractivity contribution in [1.29, 1.82) is 5.26 Å². The second kappa shape index (κ2) is 9.13. The Hall–Kier alpha value is -3.33. The van der Waals surface area contributed by atoms with Gasteiger partial charge in [0.25, 0.3) is 10.0 Å². The molecule has 1 heterocycles. The number of hydrogen-bond acceptors (Lipinski definition) is 7. The first kappa shape index (κ1) is 25.3. The lowest BCUT2D eigenvalue weighted by atomic mass is 10.1. The van der Waals surface area contributed by atoms with Gasteiger partial charge in [0.1, 0.15) is 17.3 Å². The number of aromatic nitrogens is 1. The van der Waals surface area contributed by atoms with E-state index >= 15 is 0 Å². The predicted octanol–water partition coefficient (Wildman–Crippen LogP) is 3.36. The highest BCUT2D eigenvalue weighted by Crippen LogP contribution is 2.34. The lowest BCUT2D eigenvalue weighted by molar-refractivity contribution is 0.103. The molecule has 0 aliphatic heterocycles. The third kappa shape index (κ3) is 5.09. The Kier molecular flexibility index (Phi) is 6.80. The molecule has 1 N–H and O–H groups in total. The van der Waals surface area contributed by atoms with Gasteiger partial charge >= 0.3 is 0 Å². The number of ketones is 1. The van der Waals surface area contributed by atoms with E-state index < -0.39 is 25.8 Å². The van der Waals surface area contributed by atoms with Crippen molar-refractivity contribution in [3.05, 3.63) is 70.5 Å². The summed E-state index contributed by atoms with van der Waals surface area (Å²) >= 11 is 6.26. The minimum absolute atomic E-state index is 0.0184. The minimum Gasteiger partial charge on any atom is -0.382 e. The average molecular weight is 521 g/mol. The van der Waals surface area contributed by atoms with E-state index in [2.05, 4.69) is 4.72 Å². The molecule has 0 fully saturated rings. The summed E-state index contributed by atoms with van der Waals surface area (Å²) < 4.78 is 53.8. The number of rotatable bonds is 7. The molecule has 0 saturated carbocycles. The van der Waals surface area contributed by atoms with Crippen LogP contribution in [0.25, 0.3) is 10.9 Å². The summed E-state index contributed by atoms with van der Waals surface area (Å²) in [7, 11) is -4.75. The molecule has 0 spiro atoms. The van der Waals surface area contributed by atoms with E-state index in [4.69, 9.17) is 11.6 Å². The van der Waals surface area contributed by atoms with Gasteiger partial charge in [-0.25, -0.2) is 20.8 Å². The molecule has 0 saturated heterocycles. The summed E-state index contributed by atoms with van der Waals surface area (Å²) in [5.41, 5.74) is 0.333. The van der Waals surface area contributed by atoms with Gasteiger partial charge < -0.3 is 4.90 Å². The summed E-state index contributed by atoms with van der Waals surface area (Å²) in [6.07, 6.45) is 2.23. The Morgan fingerprint density at radius 1 is 1.12 bits per heavy atom. The van der Waals surface area contributed by atoms with Crippen molar-refractivity contribution in [3.8, 4) is 6.07 Å². The molecule has 9 nitrogen and oxygen atoms in total. The number of carbonyl (C=O) groups is 1. The first-order valence-corrected chi connectivity index (χ1v) is 13.4. The van der Waals surface area contributed by atoms with Crippen LogP contribution in [0.1, 0.15) is 16.1 Å². The third-order valence-corrected chi connectivity index (χ3v) is 7.33. The van der Waals surface area contributed by atoms with Crippen molar-refractivity contribution in [2.45, 2.75) is 11.8 Å². The number of nitrogens with zero attached hydrogens (tertiary/aromatic N) is 3. The number of hydrogen-bond donors (Lipinski definition) is 1. The van der Waals surface area contributed by atoms with Crippen LogP contribution in [0.4, 0.5) is 5.69 Å². The summed E-state index contributed by atoms with van der Waals surface area (Å²) in [4.78, 5) is 14.7. The maximum Gasteiger partial charge on any atom is 0.268 e. The molecule has 0 unspecified atom stereocenters. The first-order valence-electron chi connectivity index (χ1n) is 9.72. The van der Waals surface area contributed by atoms with Crippen LogP contribution in [0.5, 0.6) is 0 Å². The molecule has 178 valence electrons. The van der Waals surface area contributed by atoms with Gasteiger partial charge in [0, 0.05) is 25.7 Å². The first-order chi connectivity index (χ1) is 15.7. The van der Waals surface area contributed by atoms with Gasteiger partial charge in [0.05, 0.1) is 27.4 Å². The second-order valence-electron chi connectivity index (χ2n) is 7.82. The number of carbonyl (C=O) groups excluding carboxylic acids is 1. The molecular formula is C22H21ClN4O5S2. The van der Waals surface area contributed by atoms with E-state index in [1.54, 1.807) is 39.2 Å². The van der Waals surface area contributed by atoms with Gasteiger partial charge in [-0.1, -0.05) is 29.3 Å². The highest BCUT2D eigenvalue weighted by Gasteiger charge is 2.29. The Labute approximate surface area is 203 Å². The van der Waals surface area contributed by atoms with Crippen LogP contribution in [-0.2, 0) is 20.0 Å². The Morgan fingerprint density at radius 3 is 2.26 bits per heavy atom. The number of allylic oxidation sites excluding steroid dienone is 1. The largest absolute Gasteiger partial charge is 0.382 e. The summed E-state index contributed by atoms with van der Waals surface area (Å²) in [6, 6.07) is 11.7. The molecule has 0 amide bonds. The van der Waals surface area contributed by atoms with Crippen molar-refractivity contribution < 1.29 is 21.6 Å². The smallest absolute Gasteiger partial charge is 0.268 e. The number of nitriles is 1. The number of nitrogens with one attached hydrogen (secondary N) is 1. The van der Waals surface area contributed by atoms with Gasteiger partial charge in [-0.3, -0.25) is 9.52 Å². The molecule has 0 atom stereocenters. The van der Waals surface area contributed by atoms with Crippen LogP contribution in [0.3, 0.4) is 0 Å². The molecule has 0 radical (unpaired) electrons. The minimum atomic E-state index is -4.30. The molecule has 34 heavy (non-hydrogen) atoms. The standard InChI is InChI=1S/C22H21ClN4O5S2/c1-14-5-7-17(8-6-14)34(31,32)27-20-11-18(23)19(25-33(4,29)30)9-15(20)10-21(27)22(28)16(12-24)13-26(2)3/h5-11,13,25H,1-4H3/b16-13+. The quantitative estimate of drug-likeness (QED) is 0.287. The summed E-state index contributed by atoms with van der Waals surface area (Å²) in [6.45, 7) is 1.80. The van der Waals surface area contributed by atoms with Crippen LogP contribution in [0.15, 0.2) is 59.1 Å². The van der Waals surface area contributed by atoms with E-state index in [0.717, 1.165) is 15.8 Å². The van der Waals surface area contributed by atoms with Gasteiger partial charge in [0.2, 0.25) is 15.8 Å². The van der Waals surface area contributed by atoms with Crippen molar-refractivity contribution in [1.82, 2.24) is 8.87 Å². The molecule has 0 aliphatic rings. The van der Waals surface area contributed by atoms with E-state index in [1.165, 1.54) is 41.4 Å². The number of Topliss-reactive ketones (excluding diaryl/α,β-unsaturated/α-hetero) is 1. The van der Waals surface area contributed by atoms with Crippen molar-refractivity contribution >= 4 is 54.0 Å². The number of halogens is 1. The fourth-order valence-corrected chi connectivity index (χ4v) is 5.58. The zero-order chi connectivity index (χ0) is 25.4. The molecular weight excluding hydrogens is 500 g/mol. The van der Waals surface area contributed by atoms with Crippen molar-refractivity contribution in [3.63, 3.8) is 0 Å². The zero-order valence-electron chi connectivity index (χ0n) is 18.7. The van der Waals surface area contributed by atoms with Crippen LogP contribution in [0, 0.1) is 18.3 Å². The molecule has 3 aromatic rings. The van der Waals surface area contributed by atoms with Crippen LogP contribution in [0.2, 0.25) is 5.02 Å². The molecule has 0 aliphatic carbocycles. The number of fused-ring (bicyclic) bond motifs is 1. The van der Waals surface area contributed by atoms with Crippen LogP contribution >= 0.6 is 11.6 Å². The van der Waals surface area contributed by atoms with E-state index in [-0.39, 0.29) is 37.8 Å². The second-order valence-corrected chi connectivity index (χ2v) is 11.8. The number of anilines is 1. The monoisotopic (exact) mass is 520 g/mol. The number of benzene rings is 2. The van der Waals surface area contributed by atoms with Gasteiger partial charge in [-0.15, -0.1) is 0 Å². The average Bonchev–Trinajstić information content (AvgIpc) is 3.09. The highest BCUT2D eigenvalue weighted by atomic mass is 35.5. The fourth-order valence-electron chi connectivity index (χ4n) is 3.25. The lowest BCUT2D eigenvalue weighted by Gasteiger charge is -2.13. The Balaban J connectivity index is 2.39. The van der Waals surface area contributed by atoms with Crippen LogP contribution < -0.4 is 4.72 Å². The summed E-state index contributed by atoms with van der Waals surface area (Å²) in [5.74, 6) is -0.822. The van der Waals surface area contributed by atoms with Crippen molar-refractivity contribution in [2.24, 2.45) is 0 Å². The topological polar surface area (TPSA) is 129 Å². The number of sulfonamides is 1. The van der Waals surface area contributed by atoms with Gasteiger partial charge in [-0.2, -0.15) is 5.26 Å². The Bertz CT molecular complexity index is 1580. The highest BCUT2D eigenvalue weighted by molar-refractivity contribution is 7.92. The number of aryl methyl sites for hydroxylation is 1. The molecule has 2 aromatic carbocycles. The third-order valence-electron chi connectivity index (χ3n) is 4.69. The zero-order valence-corrected chi connectivity index (χ0v) is 21.1. The SMILES string of the molecule is Cc1ccc(S(=O)(=O)n2c(C(=O)/C(C#N)=C/N(C)C)cc3cc(NS(C)(=O)=O)c(Cl)cc32)cc1. The Morgan fingerprint density at radius 2 is 1.74 bits per heavy atom. The maximum absolute atomic E-state index is 13.6.